The average Bonchev–Trinajstić information content (AvgIpc) is 3.27. The molecule has 1 fully saturated rings. The van der Waals surface area contributed by atoms with Crippen LogP contribution in [0.4, 0.5) is 0 Å². The summed E-state index contributed by atoms with van der Waals surface area (Å²) in [6, 6.07) is 0.105. The highest BCUT2D eigenvalue weighted by Crippen LogP contribution is 2.40. The summed E-state index contributed by atoms with van der Waals surface area (Å²) in [4.78, 5) is 17.6. The summed E-state index contributed by atoms with van der Waals surface area (Å²) in [5.41, 5.74) is 0.973. The Morgan fingerprint density at radius 2 is 2.11 bits per heavy atom. The Labute approximate surface area is 172 Å². The van der Waals surface area contributed by atoms with Crippen LogP contribution in [0, 0.1) is 6.92 Å². The Hall–Kier alpha value is -1.85. The molecule has 11 heteroatoms. The van der Waals surface area contributed by atoms with Crippen molar-refractivity contribution in [2.45, 2.75) is 19.6 Å². The van der Waals surface area contributed by atoms with Crippen LogP contribution in [0.3, 0.4) is 0 Å². The minimum absolute atomic E-state index is 0. The number of ether oxygens (including phenoxy) is 2. The van der Waals surface area contributed by atoms with Gasteiger partial charge in [0, 0.05) is 26.7 Å². The Morgan fingerprint density at radius 1 is 1.29 bits per heavy atom. The van der Waals surface area contributed by atoms with Gasteiger partial charge in [0.15, 0.2) is 11.6 Å². The SMILES string of the molecule is COCc1nc(OC)c2c(C)c(-c3nc(C4CNCCN4C)no3)sc2n1.Cl. The van der Waals surface area contributed by atoms with E-state index in [1.807, 2.05) is 6.92 Å². The lowest BCUT2D eigenvalue weighted by atomic mass is 10.2. The summed E-state index contributed by atoms with van der Waals surface area (Å²) < 4.78 is 16.2. The monoisotopic (exact) mass is 426 g/mol. The lowest BCUT2D eigenvalue weighted by molar-refractivity contribution is 0.177. The van der Waals surface area contributed by atoms with E-state index in [1.54, 1.807) is 14.2 Å². The largest absolute Gasteiger partial charge is 0.480 e. The number of nitrogens with one attached hydrogen (secondary N) is 1. The number of halogens is 1. The zero-order valence-electron chi connectivity index (χ0n) is 16.2. The molecule has 1 aliphatic heterocycles. The zero-order chi connectivity index (χ0) is 19.0. The van der Waals surface area contributed by atoms with E-state index >= 15 is 0 Å². The maximum atomic E-state index is 5.60. The first-order valence-corrected chi connectivity index (χ1v) is 9.52. The van der Waals surface area contributed by atoms with Gasteiger partial charge in [-0.05, 0) is 19.5 Å². The van der Waals surface area contributed by atoms with E-state index in [4.69, 9.17) is 14.0 Å². The van der Waals surface area contributed by atoms with Crippen LogP contribution in [0.5, 0.6) is 5.88 Å². The fourth-order valence-corrected chi connectivity index (χ4v) is 4.36. The van der Waals surface area contributed by atoms with E-state index < -0.39 is 0 Å². The lowest BCUT2D eigenvalue weighted by Crippen LogP contribution is -2.44. The third-order valence-electron chi connectivity index (χ3n) is 4.72. The number of hydrogen-bond donors (Lipinski definition) is 1. The van der Waals surface area contributed by atoms with Gasteiger partial charge in [-0.25, -0.2) is 4.98 Å². The molecule has 0 bridgehead atoms. The Balaban J connectivity index is 0.00000225. The van der Waals surface area contributed by atoms with Gasteiger partial charge >= 0.3 is 0 Å². The summed E-state index contributed by atoms with van der Waals surface area (Å²) in [5, 5.41) is 8.46. The molecule has 152 valence electrons. The molecule has 9 nitrogen and oxygen atoms in total. The molecule has 0 aromatic carbocycles. The third kappa shape index (κ3) is 3.70. The fraction of sp³-hybridized carbons (Fsp3) is 0.529. The van der Waals surface area contributed by atoms with Crippen molar-refractivity contribution in [3.63, 3.8) is 0 Å². The molecule has 1 saturated heterocycles. The average molecular weight is 427 g/mol. The molecule has 0 spiro atoms. The van der Waals surface area contributed by atoms with Gasteiger partial charge in [0.2, 0.25) is 5.88 Å². The van der Waals surface area contributed by atoms with Crippen LogP contribution in [0.2, 0.25) is 0 Å². The molecule has 0 radical (unpaired) electrons. The van der Waals surface area contributed by atoms with Gasteiger partial charge in [0.05, 0.1) is 23.4 Å². The lowest BCUT2D eigenvalue weighted by Gasteiger charge is -2.30. The number of rotatable bonds is 5. The number of fused-ring (bicyclic) bond motifs is 1. The quantitative estimate of drug-likeness (QED) is 0.658. The van der Waals surface area contributed by atoms with Crippen molar-refractivity contribution < 1.29 is 14.0 Å². The second kappa shape index (κ2) is 8.66. The number of thiophene rings is 1. The molecule has 1 N–H and O–H groups in total. The van der Waals surface area contributed by atoms with Gasteiger partial charge in [-0.15, -0.1) is 23.7 Å². The molecule has 4 heterocycles. The normalized spacial score (nSPS) is 17.6. The molecule has 1 aliphatic rings. The van der Waals surface area contributed by atoms with E-state index in [9.17, 15) is 0 Å². The first-order valence-electron chi connectivity index (χ1n) is 8.70. The van der Waals surface area contributed by atoms with Crippen LogP contribution in [-0.4, -0.2) is 65.9 Å². The van der Waals surface area contributed by atoms with E-state index in [1.165, 1.54) is 11.3 Å². The predicted molar refractivity (Wildman–Crippen MR) is 108 cm³/mol. The van der Waals surface area contributed by atoms with Crippen molar-refractivity contribution in [3.05, 3.63) is 17.2 Å². The first kappa shape index (κ1) is 20.9. The van der Waals surface area contributed by atoms with Crippen molar-refractivity contribution in [1.29, 1.82) is 0 Å². The van der Waals surface area contributed by atoms with Gasteiger partial charge in [-0.2, -0.15) is 9.97 Å². The van der Waals surface area contributed by atoms with Crippen LogP contribution in [-0.2, 0) is 11.3 Å². The molecular formula is C17H23ClN6O3S. The highest BCUT2D eigenvalue weighted by Gasteiger charge is 2.27. The maximum absolute atomic E-state index is 5.60. The standard InChI is InChI=1S/C17H22N6O3S.ClH/c1-9-12-15(25-4)19-11(8-24-3)20-17(12)27-13(9)16-21-14(22-26-16)10-7-18-5-6-23(10)2;/h10,18H,5-8H2,1-4H3;1H. The number of piperazine rings is 1. The highest BCUT2D eigenvalue weighted by molar-refractivity contribution is 7.22. The van der Waals surface area contributed by atoms with Gasteiger partial charge in [0.1, 0.15) is 11.4 Å². The van der Waals surface area contributed by atoms with Crippen LogP contribution in [0.25, 0.3) is 21.0 Å². The second-order valence-corrected chi connectivity index (χ2v) is 7.48. The number of aromatic nitrogens is 4. The summed E-state index contributed by atoms with van der Waals surface area (Å²) in [6.45, 7) is 5.04. The van der Waals surface area contributed by atoms with Crippen LogP contribution in [0.15, 0.2) is 4.52 Å². The van der Waals surface area contributed by atoms with Gasteiger partial charge in [0.25, 0.3) is 5.89 Å². The van der Waals surface area contributed by atoms with Gasteiger partial charge in [-0.1, -0.05) is 5.16 Å². The van der Waals surface area contributed by atoms with Crippen molar-refractivity contribution in [1.82, 2.24) is 30.3 Å². The molecule has 4 rings (SSSR count). The Bertz CT molecular complexity index is 962. The van der Waals surface area contributed by atoms with E-state index in [0.29, 0.717) is 30.0 Å². The molecule has 3 aromatic rings. The van der Waals surface area contributed by atoms with Crippen molar-refractivity contribution in [2.75, 3.05) is 40.9 Å². The number of methoxy groups -OCH3 is 2. The van der Waals surface area contributed by atoms with Crippen molar-refractivity contribution in [2.24, 2.45) is 0 Å². The van der Waals surface area contributed by atoms with Crippen LogP contribution >= 0.6 is 23.7 Å². The number of aryl methyl sites for hydroxylation is 1. The highest BCUT2D eigenvalue weighted by atomic mass is 35.5. The summed E-state index contributed by atoms with van der Waals surface area (Å²) in [7, 11) is 5.29. The summed E-state index contributed by atoms with van der Waals surface area (Å²) in [6.07, 6.45) is 0. The number of nitrogens with zero attached hydrogens (tertiary/aromatic N) is 5. The molecule has 3 aromatic heterocycles. The Kier molecular flexibility index (Phi) is 6.46. The first-order chi connectivity index (χ1) is 13.1. The summed E-state index contributed by atoms with van der Waals surface area (Å²) in [5.74, 6) is 2.30. The van der Waals surface area contributed by atoms with Crippen LogP contribution < -0.4 is 10.1 Å². The molecule has 0 saturated carbocycles. The third-order valence-corrected chi connectivity index (χ3v) is 5.89. The second-order valence-electron chi connectivity index (χ2n) is 6.48. The molecule has 1 unspecified atom stereocenters. The van der Waals surface area contributed by atoms with E-state index in [-0.39, 0.29) is 18.4 Å². The zero-order valence-corrected chi connectivity index (χ0v) is 17.8. The minimum atomic E-state index is 0. The smallest absolute Gasteiger partial charge is 0.268 e. The predicted octanol–water partition coefficient (Wildman–Crippen LogP) is 2.20. The van der Waals surface area contributed by atoms with Crippen molar-refractivity contribution in [3.8, 4) is 16.6 Å². The molecule has 0 amide bonds. The number of likely N-dealkylation sites (N-methyl/N-ethyl adjacent to an activating group) is 1. The maximum Gasteiger partial charge on any atom is 0.268 e. The van der Waals surface area contributed by atoms with E-state index in [0.717, 1.165) is 40.3 Å². The molecule has 1 atom stereocenters. The van der Waals surface area contributed by atoms with Crippen molar-refractivity contribution >= 4 is 34.0 Å². The number of hydrogen-bond acceptors (Lipinski definition) is 10. The minimum Gasteiger partial charge on any atom is -0.480 e. The topological polar surface area (TPSA) is 98.4 Å². The summed E-state index contributed by atoms with van der Waals surface area (Å²) >= 11 is 1.50. The Morgan fingerprint density at radius 3 is 2.82 bits per heavy atom. The molecule has 28 heavy (non-hydrogen) atoms. The van der Waals surface area contributed by atoms with Crippen LogP contribution in [0.1, 0.15) is 23.3 Å². The van der Waals surface area contributed by atoms with Gasteiger partial charge < -0.3 is 19.3 Å². The van der Waals surface area contributed by atoms with Gasteiger partial charge in [-0.3, -0.25) is 4.90 Å². The van der Waals surface area contributed by atoms with E-state index in [2.05, 4.69) is 37.4 Å². The molecule has 0 aliphatic carbocycles. The fourth-order valence-electron chi connectivity index (χ4n) is 3.25. The molecular weight excluding hydrogens is 404 g/mol.